The molecule has 0 saturated heterocycles. The van der Waals surface area contributed by atoms with Gasteiger partial charge in [-0.15, -0.1) is 0 Å². The number of aryl methyl sites for hydroxylation is 1. The molecule has 2 N–H and O–H groups in total. The molecule has 0 saturated carbocycles. The lowest BCUT2D eigenvalue weighted by molar-refractivity contribution is 0.752. The van der Waals surface area contributed by atoms with Crippen molar-refractivity contribution < 1.29 is 0 Å². The zero-order valence-electron chi connectivity index (χ0n) is 9.00. The van der Waals surface area contributed by atoms with E-state index in [0.29, 0.717) is 0 Å². The molecule has 1 rings (SSSR count). The monoisotopic (exact) mass is 190 g/mol. The molecule has 77 valence electrons. The van der Waals surface area contributed by atoms with E-state index < -0.39 is 0 Å². The van der Waals surface area contributed by atoms with Crippen LogP contribution in [0.1, 0.15) is 38.2 Å². The van der Waals surface area contributed by atoms with Crippen LogP contribution in [0.3, 0.4) is 0 Å². The Labute approximate surface area is 87.3 Å². The Morgan fingerprint density at radius 1 is 1.14 bits per heavy atom. The van der Waals surface area contributed by atoms with E-state index in [0.717, 1.165) is 5.69 Å². The van der Waals surface area contributed by atoms with Gasteiger partial charge in [-0.3, -0.25) is 0 Å². The molecule has 1 heteroatoms. The highest BCUT2D eigenvalue weighted by atomic mass is 14.5. The molecular formula is C13H20N. The fourth-order valence-electron chi connectivity index (χ4n) is 1.48. The van der Waals surface area contributed by atoms with Crippen molar-refractivity contribution in [3.8, 4) is 0 Å². The maximum Gasteiger partial charge on any atom is 0.0314 e. The molecule has 0 spiro atoms. The number of hydrogen-bond acceptors (Lipinski definition) is 1. The van der Waals surface area contributed by atoms with Gasteiger partial charge in [0.1, 0.15) is 0 Å². The minimum Gasteiger partial charge on any atom is -0.399 e. The van der Waals surface area contributed by atoms with Crippen LogP contribution in [0.5, 0.6) is 0 Å². The number of nitrogens with two attached hydrogens (primary N) is 1. The highest BCUT2D eigenvalue weighted by Gasteiger charge is 1.93. The summed E-state index contributed by atoms with van der Waals surface area (Å²) >= 11 is 0. The van der Waals surface area contributed by atoms with Crippen molar-refractivity contribution >= 4 is 5.69 Å². The molecule has 0 fully saturated rings. The highest BCUT2D eigenvalue weighted by molar-refractivity contribution is 5.39. The van der Waals surface area contributed by atoms with Gasteiger partial charge in [-0.1, -0.05) is 31.9 Å². The quantitative estimate of drug-likeness (QED) is 0.538. The van der Waals surface area contributed by atoms with Gasteiger partial charge in [-0.05, 0) is 43.4 Å². The van der Waals surface area contributed by atoms with E-state index in [9.17, 15) is 0 Å². The van der Waals surface area contributed by atoms with Gasteiger partial charge in [0.2, 0.25) is 0 Å². The topological polar surface area (TPSA) is 26.0 Å². The summed E-state index contributed by atoms with van der Waals surface area (Å²) in [5.74, 6) is 0. The molecule has 1 aromatic rings. The van der Waals surface area contributed by atoms with Crippen LogP contribution in [0, 0.1) is 6.42 Å². The standard InChI is InChI=1S/C13H20N/c1-2-3-4-5-6-7-12-8-10-13(14)11-9-12/h4,8-11H,2-3,5-7,14H2,1H3. The van der Waals surface area contributed by atoms with Gasteiger partial charge in [0, 0.05) is 5.69 Å². The maximum atomic E-state index is 5.61. The van der Waals surface area contributed by atoms with Crippen LogP contribution >= 0.6 is 0 Å². The zero-order chi connectivity index (χ0) is 10.2. The Balaban J connectivity index is 2.15. The van der Waals surface area contributed by atoms with Crippen LogP contribution in [0.15, 0.2) is 24.3 Å². The molecule has 0 aliphatic rings. The zero-order valence-corrected chi connectivity index (χ0v) is 9.00. The van der Waals surface area contributed by atoms with Gasteiger partial charge in [0.15, 0.2) is 0 Å². The van der Waals surface area contributed by atoms with E-state index >= 15 is 0 Å². The average Bonchev–Trinajstić information content (AvgIpc) is 2.21. The normalized spacial score (nSPS) is 10.4. The number of hydrogen-bond donors (Lipinski definition) is 1. The Hall–Kier alpha value is -0.980. The lowest BCUT2D eigenvalue weighted by atomic mass is 10.1. The summed E-state index contributed by atoms with van der Waals surface area (Å²) in [7, 11) is 0. The first-order chi connectivity index (χ1) is 6.83. The summed E-state index contributed by atoms with van der Waals surface area (Å²) < 4.78 is 0. The molecule has 0 bridgehead atoms. The molecule has 0 heterocycles. The maximum absolute atomic E-state index is 5.61. The van der Waals surface area contributed by atoms with Crippen molar-refractivity contribution in [1.29, 1.82) is 0 Å². The molecule has 0 aromatic heterocycles. The molecule has 14 heavy (non-hydrogen) atoms. The number of nitrogen functional groups attached to an aromatic ring is 1. The van der Waals surface area contributed by atoms with Gasteiger partial charge < -0.3 is 5.73 Å². The fraction of sp³-hybridized carbons (Fsp3) is 0.462. The van der Waals surface area contributed by atoms with E-state index in [2.05, 4.69) is 25.5 Å². The van der Waals surface area contributed by atoms with Crippen molar-refractivity contribution in [2.45, 2.75) is 39.0 Å². The van der Waals surface area contributed by atoms with Crippen LogP contribution in [-0.4, -0.2) is 0 Å². The lowest BCUT2D eigenvalue weighted by Crippen LogP contribution is -1.88. The predicted octanol–water partition coefficient (Wildman–Crippen LogP) is 3.60. The van der Waals surface area contributed by atoms with Crippen molar-refractivity contribution in [2.24, 2.45) is 0 Å². The Morgan fingerprint density at radius 3 is 2.50 bits per heavy atom. The third-order valence-corrected chi connectivity index (χ3v) is 2.35. The molecule has 0 atom stereocenters. The second-order valence-corrected chi connectivity index (χ2v) is 3.71. The smallest absolute Gasteiger partial charge is 0.0314 e. The van der Waals surface area contributed by atoms with E-state index in [4.69, 9.17) is 5.73 Å². The van der Waals surface area contributed by atoms with Crippen LogP contribution in [0.25, 0.3) is 0 Å². The first kappa shape index (κ1) is 11.1. The molecule has 0 aliphatic heterocycles. The van der Waals surface area contributed by atoms with Crippen LogP contribution in [0.4, 0.5) is 5.69 Å². The Kier molecular flexibility index (Phi) is 5.13. The number of benzene rings is 1. The van der Waals surface area contributed by atoms with E-state index in [1.54, 1.807) is 0 Å². The minimum absolute atomic E-state index is 0.853. The summed E-state index contributed by atoms with van der Waals surface area (Å²) in [5, 5.41) is 0. The van der Waals surface area contributed by atoms with Crippen LogP contribution in [-0.2, 0) is 6.42 Å². The first-order valence-electron chi connectivity index (χ1n) is 5.49. The van der Waals surface area contributed by atoms with E-state index in [-0.39, 0.29) is 0 Å². The van der Waals surface area contributed by atoms with E-state index in [1.807, 2.05) is 12.1 Å². The highest BCUT2D eigenvalue weighted by Crippen LogP contribution is 2.10. The molecule has 0 aliphatic carbocycles. The van der Waals surface area contributed by atoms with Crippen molar-refractivity contribution in [2.75, 3.05) is 5.73 Å². The summed E-state index contributed by atoms with van der Waals surface area (Å²) in [6, 6.07) is 8.19. The molecule has 1 radical (unpaired) electrons. The number of anilines is 1. The van der Waals surface area contributed by atoms with Gasteiger partial charge in [0.25, 0.3) is 0 Å². The van der Waals surface area contributed by atoms with Crippen molar-refractivity contribution in [1.82, 2.24) is 0 Å². The van der Waals surface area contributed by atoms with Crippen molar-refractivity contribution in [3.63, 3.8) is 0 Å². The second-order valence-electron chi connectivity index (χ2n) is 3.71. The Bertz CT molecular complexity index is 238. The molecule has 1 aromatic carbocycles. The third-order valence-electron chi connectivity index (χ3n) is 2.35. The average molecular weight is 190 g/mol. The predicted molar refractivity (Wildman–Crippen MR) is 63.0 cm³/mol. The van der Waals surface area contributed by atoms with Gasteiger partial charge in [-0.2, -0.15) is 0 Å². The summed E-state index contributed by atoms with van der Waals surface area (Å²) in [6.07, 6.45) is 8.56. The van der Waals surface area contributed by atoms with Gasteiger partial charge in [0.05, 0.1) is 0 Å². The lowest BCUT2D eigenvalue weighted by Gasteiger charge is -2.01. The molecule has 1 nitrogen and oxygen atoms in total. The second kappa shape index (κ2) is 6.47. The largest absolute Gasteiger partial charge is 0.399 e. The molecule has 0 amide bonds. The fourth-order valence-corrected chi connectivity index (χ4v) is 1.48. The summed E-state index contributed by atoms with van der Waals surface area (Å²) in [4.78, 5) is 0. The van der Waals surface area contributed by atoms with Gasteiger partial charge in [-0.25, -0.2) is 0 Å². The van der Waals surface area contributed by atoms with Crippen LogP contribution in [0.2, 0.25) is 0 Å². The third kappa shape index (κ3) is 4.31. The number of rotatable bonds is 6. The SMILES string of the molecule is CCC[CH]CCCc1ccc(N)cc1. The Morgan fingerprint density at radius 2 is 1.86 bits per heavy atom. The first-order valence-corrected chi connectivity index (χ1v) is 5.49. The van der Waals surface area contributed by atoms with Crippen LogP contribution < -0.4 is 5.73 Å². The van der Waals surface area contributed by atoms with E-state index in [1.165, 1.54) is 37.7 Å². The van der Waals surface area contributed by atoms with Crippen molar-refractivity contribution in [3.05, 3.63) is 36.2 Å². The summed E-state index contributed by atoms with van der Waals surface area (Å²) in [6.45, 7) is 2.22. The van der Waals surface area contributed by atoms with Gasteiger partial charge >= 0.3 is 0 Å². The summed E-state index contributed by atoms with van der Waals surface area (Å²) in [5.41, 5.74) is 7.86. The minimum atomic E-state index is 0.853. The number of unbranched alkanes of at least 4 members (excludes halogenated alkanes) is 4. The molecular weight excluding hydrogens is 170 g/mol. The molecule has 0 unspecified atom stereocenters.